The van der Waals surface area contributed by atoms with Crippen LogP contribution in [0.2, 0.25) is 0 Å². The Labute approximate surface area is 200 Å². The minimum atomic E-state index is -0.997. The van der Waals surface area contributed by atoms with Gasteiger partial charge in [0.05, 0.1) is 0 Å². The first-order valence-corrected chi connectivity index (χ1v) is 12.2. The van der Waals surface area contributed by atoms with Crippen LogP contribution in [0.3, 0.4) is 0 Å². The molecule has 0 aromatic heterocycles. The Bertz CT molecular complexity index is 1010. The van der Waals surface area contributed by atoms with Gasteiger partial charge < -0.3 is 20.1 Å². The third kappa shape index (κ3) is 4.93. The molecule has 2 aromatic carbocycles. The summed E-state index contributed by atoms with van der Waals surface area (Å²) in [5.74, 6) is -1.40. The van der Waals surface area contributed by atoms with Crippen LogP contribution >= 0.6 is 0 Å². The number of nitrogens with zero attached hydrogens (tertiary/aromatic N) is 1. The fraction of sp³-hybridized carbons (Fsp3) is 0.444. The molecule has 2 N–H and O–H groups in total. The van der Waals surface area contributed by atoms with Gasteiger partial charge in [-0.3, -0.25) is 4.79 Å². The second-order valence-electron chi connectivity index (χ2n) is 9.05. The van der Waals surface area contributed by atoms with Crippen molar-refractivity contribution in [3.63, 3.8) is 0 Å². The molecule has 2 amide bonds. The number of fused-ring (bicyclic) bond motifs is 3. The monoisotopic (exact) mass is 464 g/mol. The van der Waals surface area contributed by atoms with E-state index in [0.717, 1.165) is 47.9 Å². The maximum atomic E-state index is 13.2. The summed E-state index contributed by atoms with van der Waals surface area (Å²) < 4.78 is 5.62. The van der Waals surface area contributed by atoms with Crippen LogP contribution in [0, 0.1) is 0 Å². The number of carboxylic acid groups (broad SMARTS) is 1. The summed E-state index contributed by atoms with van der Waals surface area (Å²) in [6.45, 7) is 2.57. The van der Waals surface area contributed by atoms with Crippen molar-refractivity contribution >= 4 is 18.0 Å². The highest BCUT2D eigenvalue weighted by molar-refractivity contribution is 5.89. The summed E-state index contributed by atoms with van der Waals surface area (Å²) in [6.07, 6.45) is 3.38. The molecule has 34 heavy (non-hydrogen) atoms. The average Bonchev–Trinajstić information content (AvgIpc) is 3.18. The Kier molecular flexibility index (Phi) is 7.50. The fourth-order valence-electron chi connectivity index (χ4n) is 5.10. The number of benzene rings is 2. The van der Waals surface area contributed by atoms with Crippen molar-refractivity contribution in [3.8, 4) is 11.1 Å². The van der Waals surface area contributed by atoms with E-state index in [0.29, 0.717) is 19.4 Å². The first-order chi connectivity index (χ1) is 16.5. The molecule has 1 saturated heterocycles. The van der Waals surface area contributed by atoms with Gasteiger partial charge in [-0.25, -0.2) is 9.59 Å². The smallest absolute Gasteiger partial charge is 0.407 e. The summed E-state index contributed by atoms with van der Waals surface area (Å²) in [5, 5.41) is 12.3. The minimum absolute atomic E-state index is 0.0681. The van der Waals surface area contributed by atoms with E-state index >= 15 is 0 Å². The first kappa shape index (κ1) is 23.8. The second kappa shape index (κ2) is 10.7. The first-order valence-electron chi connectivity index (χ1n) is 12.2. The van der Waals surface area contributed by atoms with Crippen molar-refractivity contribution in [2.45, 2.75) is 63.5 Å². The zero-order valence-corrected chi connectivity index (χ0v) is 19.5. The highest BCUT2D eigenvalue weighted by Gasteiger charge is 2.36. The molecule has 1 fully saturated rings. The second-order valence-corrected chi connectivity index (χ2v) is 9.05. The molecule has 0 spiro atoms. The van der Waals surface area contributed by atoms with Crippen molar-refractivity contribution in [1.29, 1.82) is 0 Å². The maximum Gasteiger partial charge on any atom is 0.407 e. The molecule has 2 unspecified atom stereocenters. The topological polar surface area (TPSA) is 95.9 Å². The lowest BCUT2D eigenvalue weighted by Gasteiger charge is -2.35. The molecule has 1 heterocycles. The lowest BCUT2D eigenvalue weighted by Crippen LogP contribution is -2.55. The Morgan fingerprint density at radius 3 is 2.32 bits per heavy atom. The molecule has 2 aromatic rings. The highest BCUT2D eigenvalue weighted by atomic mass is 16.5. The van der Waals surface area contributed by atoms with Gasteiger partial charge in [-0.2, -0.15) is 0 Å². The van der Waals surface area contributed by atoms with E-state index < -0.39 is 24.1 Å². The Morgan fingerprint density at radius 1 is 1.06 bits per heavy atom. The maximum absolute atomic E-state index is 13.2. The quantitative estimate of drug-likeness (QED) is 0.598. The molecular weight excluding hydrogens is 432 g/mol. The van der Waals surface area contributed by atoms with Crippen LogP contribution in [0.25, 0.3) is 11.1 Å². The van der Waals surface area contributed by atoms with Gasteiger partial charge in [0.25, 0.3) is 0 Å². The summed E-state index contributed by atoms with van der Waals surface area (Å²) in [6, 6.07) is 14.6. The van der Waals surface area contributed by atoms with E-state index in [2.05, 4.69) is 29.6 Å². The average molecular weight is 465 g/mol. The van der Waals surface area contributed by atoms with Crippen LogP contribution in [0.15, 0.2) is 48.5 Å². The molecule has 2 aliphatic rings. The van der Waals surface area contributed by atoms with Crippen molar-refractivity contribution in [2.75, 3.05) is 13.2 Å². The third-order valence-electron chi connectivity index (χ3n) is 6.85. The van der Waals surface area contributed by atoms with Crippen LogP contribution in [0.4, 0.5) is 4.79 Å². The Hall–Kier alpha value is -3.35. The van der Waals surface area contributed by atoms with Crippen LogP contribution in [-0.2, 0) is 14.3 Å². The van der Waals surface area contributed by atoms with E-state index in [1.807, 2.05) is 31.2 Å². The van der Waals surface area contributed by atoms with Crippen molar-refractivity contribution in [2.24, 2.45) is 0 Å². The summed E-state index contributed by atoms with van der Waals surface area (Å²) in [4.78, 5) is 39.1. The summed E-state index contributed by atoms with van der Waals surface area (Å²) >= 11 is 0. The molecule has 0 bridgehead atoms. The number of hydrogen-bond donors (Lipinski definition) is 2. The van der Waals surface area contributed by atoms with E-state index in [-0.39, 0.29) is 18.4 Å². The van der Waals surface area contributed by atoms with Crippen LogP contribution in [-0.4, -0.2) is 53.2 Å². The fourth-order valence-corrected chi connectivity index (χ4v) is 5.10. The number of likely N-dealkylation sites (tertiary alicyclic amines) is 1. The molecular formula is C27H32N2O5. The normalized spacial score (nSPS) is 18.0. The predicted molar refractivity (Wildman–Crippen MR) is 129 cm³/mol. The molecule has 0 saturated carbocycles. The number of aliphatic carboxylic acids is 1. The summed E-state index contributed by atoms with van der Waals surface area (Å²) in [5.41, 5.74) is 4.53. The van der Waals surface area contributed by atoms with Gasteiger partial charge in [0.1, 0.15) is 18.7 Å². The van der Waals surface area contributed by atoms with Gasteiger partial charge in [0, 0.05) is 12.5 Å². The molecule has 1 aliphatic carbocycles. The van der Waals surface area contributed by atoms with Gasteiger partial charge in [-0.05, 0) is 47.9 Å². The number of unbranched alkanes of at least 4 members (excludes halogenated alkanes) is 1. The van der Waals surface area contributed by atoms with Gasteiger partial charge in [-0.15, -0.1) is 0 Å². The summed E-state index contributed by atoms with van der Waals surface area (Å²) in [7, 11) is 0. The van der Waals surface area contributed by atoms with Crippen molar-refractivity contribution < 1.29 is 24.2 Å². The lowest BCUT2D eigenvalue weighted by atomic mass is 9.98. The van der Waals surface area contributed by atoms with Crippen molar-refractivity contribution in [1.82, 2.24) is 10.2 Å². The number of piperidine rings is 1. The largest absolute Gasteiger partial charge is 0.480 e. The van der Waals surface area contributed by atoms with E-state index in [4.69, 9.17) is 4.74 Å². The number of amides is 2. The standard InChI is InChI=1S/C27H32N2O5/c1-2-3-14-23(25(30)29-16-9-8-15-24(29)26(31)32)28-27(33)34-17-22-20-12-6-4-10-18(20)19-11-5-7-13-21(19)22/h4-7,10-13,22-24H,2-3,8-9,14-17H2,1H3,(H,28,33)(H,31,32). The predicted octanol–water partition coefficient (Wildman–Crippen LogP) is 4.55. The minimum Gasteiger partial charge on any atom is -0.480 e. The molecule has 1 aliphatic heterocycles. The molecule has 180 valence electrons. The van der Waals surface area contributed by atoms with E-state index in [9.17, 15) is 19.5 Å². The molecule has 7 nitrogen and oxygen atoms in total. The van der Waals surface area contributed by atoms with Crippen LogP contribution < -0.4 is 5.32 Å². The van der Waals surface area contributed by atoms with Gasteiger partial charge >= 0.3 is 12.1 Å². The molecule has 0 radical (unpaired) electrons. The van der Waals surface area contributed by atoms with E-state index in [1.165, 1.54) is 4.90 Å². The number of carboxylic acids is 1. The number of alkyl carbamates (subject to hydrolysis) is 1. The third-order valence-corrected chi connectivity index (χ3v) is 6.85. The SMILES string of the molecule is CCCCC(NC(=O)OCC1c2ccccc2-c2ccccc21)C(=O)N1CCCCC1C(=O)O. The molecule has 2 atom stereocenters. The molecule has 4 rings (SSSR count). The number of carbonyl (C=O) groups is 3. The van der Waals surface area contributed by atoms with Gasteiger partial charge in [-0.1, -0.05) is 68.3 Å². The number of hydrogen-bond acceptors (Lipinski definition) is 4. The number of ether oxygens (including phenoxy) is 1. The lowest BCUT2D eigenvalue weighted by molar-refractivity contribution is -0.153. The number of carbonyl (C=O) groups excluding carboxylic acids is 2. The number of nitrogens with one attached hydrogen (secondary N) is 1. The van der Waals surface area contributed by atoms with E-state index in [1.54, 1.807) is 0 Å². The van der Waals surface area contributed by atoms with Gasteiger partial charge in [0.2, 0.25) is 5.91 Å². The van der Waals surface area contributed by atoms with Crippen LogP contribution in [0.5, 0.6) is 0 Å². The Balaban J connectivity index is 1.44. The zero-order valence-electron chi connectivity index (χ0n) is 19.5. The van der Waals surface area contributed by atoms with Crippen LogP contribution in [0.1, 0.15) is 62.5 Å². The molecule has 7 heteroatoms. The van der Waals surface area contributed by atoms with Crippen molar-refractivity contribution in [3.05, 3.63) is 59.7 Å². The van der Waals surface area contributed by atoms with Gasteiger partial charge in [0.15, 0.2) is 0 Å². The number of rotatable bonds is 8. The zero-order chi connectivity index (χ0) is 24.1. The Morgan fingerprint density at radius 2 is 1.71 bits per heavy atom. The highest BCUT2D eigenvalue weighted by Crippen LogP contribution is 2.44.